The fraction of sp³-hybridized carbons (Fsp3) is 0.800. The van der Waals surface area contributed by atoms with E-state index in [1.807, 2.05) is 0 Å². The highest BCUT2D eigenvalue weighted by atomic mass is 16.1. The molecule has 0 saturated heterocycles. The molecule has 0 atom stereocenters. The SMILES string of the molecule is Cc1nnc(CC23CC4CC(CC(C4)C2)C3)c(=O)n1N. The lowest BCUT2D eigenvalue weighted by molar-refractivity contribution is -0.0529. The molecule has 1 heterocycles. The minimum atomic E-state index is -0.159. The van der Waals surface area contributed by atoms with Crippen LogP contribution in [0.2, 0.25) is 0 Å². The third kappa shape index (κ3) is 1.79. The molecule has 20 heavy (non-hydrogen) atoms. The maximum atomic E-state index is 12.2. The van der Waals surface area contributed by atoms with E-state index < -0.39 is 0 Å². The van der Waals surface area contributed by atoms with Gasteiger partial charge in [-0.05, 0) is 68.6 Å². The summed E-state index contributed by atoms with van der Waals surface area (Å²) in [6, 6.07) is 0. The van der Waals surface area contributed by atoms with Crippen LogP contribution in [0.1, 0.15) is 50.0 Å². The van der Waals surface area contributed by atoms with Crippen LogP contribution in [0.5, 0.6) is 0 Å². The zero-order valence-electron chi connectivity index (χ0n) is 12.0. The number of aryl methyl sites for hydroxylation is 1. The molecule has 1 aromatic rings. The zero-order chi connectivity index (χ0) is 13.9. The van der Waals surface area contributed by atoms with Gasteiger partial charge in [0.05, 0.1) is 0 Å². The van der Waals surface area contributed by atoms with Gasteiger partial charge in [0.1, 0.15) is 5.69 Å². The van der Waals surface area contributed by atoms with Gasteiger partial charge in [0.25, 0.3) is 5.56 Å². The van der Waals surface area contributed by atoms with Gasteiger partial charge in [-0.25, -0.2) is 4.68 Å². The van der Waals surface area contributed by atoms with Crippen LogP contribution in [-0.4, -0.2) is 14.9 Å². The van der Waals surface area contributed by atoms with Crippen molar-refractivity contribution in [1.82, 2.24) is 14.9 Å². The van der Waals surface area contributed by atoms with E-state index in [1.54, 1.807) is 6.92 Å². The molecule has 0 radical (unpaired) electrons. The second-order valence-electron chi connectivity index (χ2n) is 7.46. The van der Waals surface area contributed by atoms with Crippen molar-refractivity contribution in [1.29, 1.82) is 0 Å². The van der Waals surface area contributed by atoms with Gasteiger partial charge in [0.2, 0.25) is 0 Å². The third-order valence-electron chi connectivity index (χ3n) is 5.84. The summed E-state index contributed by atoms with van der Waals surface area (Å²) in [5.41, 5.74) is 0.721. The van der Waals surface area contributed by atoms with Crippen molar-refractivity contribution in [3.8, 4) is 0 Å². The van der Waals surface area contributed by atoms with E-state index in [1.165, 1.54) is 38.5 Å². The molecule has 2 N–H and O–H groups in total. The molecule has 0 unspecified atom stereocenters. The fourth-order valence-electron chi connectivity index (χ4n) is 5.48. The van der Waals surface area contributed by atoms with Gasteiger partial charge >= 0.3 is 0 Å². The third-order valence-corrected chi connectivity index (χ3v) is 5.84. The Kier molecular flexibility index (Phi) is 2.51. The summed E-state index contributed by atoms with van der Waals surface area (Å²) in [5.74, 6) is 8.89. The van der Waals surface area contributed by atoms with Crippen LogP contribution in [-0.2, 0) is 6.42 Å². The molecule has 0 aliphatic heterocycles. The van der Waals surface area contributed by atoms with Crippen LogP contribution in [0.3, 0.4) is 0 Å². The lowest BCUT2D eigenvalue weighted by Gasteiger charge is -2.56. The van der Waals surface area contributed by atoms with E-state index in [9.17, 15) is 4.79 Å². The molecular weight excluding hydrogens is 252 g/mol. The molecule has 0 spiro atoms. The average Bonchev–Trinajstić information content (AvgIpc) is 2.38. The van der Waals surface area contributed by atoms with E-state index in [0.717, 1.165) is 28.9 Å². The number of hydrogen-bond acceptors (Lipinski definition) is 4. The Balaban J connectivity index is 1.66. The first-order valence-electron chi connectivity index (χ1n) is 7.75. The zero-order valence-corrected chi connectivity index (χ0v) is 12.0. The van der Waals surface area contributed by atoms with E-state index in [2.05, 4.69) is 10.2 Å². The van der Waals surface area contributed by atoms with Gasteiger partial charge < -0.3 is 5.84 Å². The van der Waals surface area contributed by atoms with Gasteiger partial charge in [-0.2, -0.15) is 0 Å². The van der Waals surface area contributed by atoms with Gasteiger partial charge in [-0.3, -0.25) is 4.79 Å². The van der Waals surface area contributed by atoms with Gasteiger partial charge in [0, 0.05) is 6.42 Å². The highest BCUT2D eigenvalue weighted by molar-refractivity contribution is 5.08. The van der Waals surface area contributed by atoms with Crippen molar-refractivity contribution < 1.29 is 0 Å². The first-order valence-corrected chi connectivity index (χ1v) is 7.75. The monoisotopic (exact) mass is 274 g/mol. The Morgan fingerprint density at radius 3 is 2.25 bits per heavy atom. The predicted octanol–water partition coefficient (Wildman–Crippen LogP) is 1.42. The lowest BCUT2D eigenvalue weighted by Crippen LogP contribution is -2.48. The highest BCUT2D eigenvalue weighted by Crippen LogP contribution is 2.60. The number of nitrogens with two attached hydrogens (primary N) is 1. The number of rotatable bonds is 2. The van der Waals surface area contributed by atoms with Gasteiger partial charge in [-0.15, -0.1) is 10.2 Å². The minimum Gasteiger partial charge on any atom is -0.335 e. The van der Waals surface area contributed by atoms with Crippen molar-refractivity contribution in [2.24, 2.45) is 23.2 Å². The number of aromatic nitrogens is 3. The van der Waals surface area contributed by atoms with Crippen molar-refractivity contribution in [2.45, 2.75) is 51.9 Å². The smallest absolute Gasteiger partial charge is 0.293 e. The molecule has 5 heteroatoms. The highest BCUT2D eigenvalue weighted by Gasteiger charge is 2.51. The molecule has 4 fully saturated rings. The van der Waals surface area contributed by atoms with Crippen LogP contribution < -0.4 is 11.4 Å². The molecule has 5 nitrogen and oxygen atoms in total. The molecule has 4 aliphatic rings. The summed E-state index contributed by atoms with van der Waals surface area (Å²) >= 11 is 0. The van der Waals surface area contributed by atoms with Crippen LogP contribution in [0.4, 0.5) is 0 Å². The first-order chi connectivity index (χ1) is 9.55. The molecule has 108 valence electrons. The molecule has 4 saturated carbocycles. The number of hydrogen-bond donors (Lipinski definition) is 1. The normalized spacial score (nSPS) is 38.4. The maximum Gasteiger partial charge on any atom is 0.293 e. The molecule has 4 aliphatic carbocycles. The first kappa shape index (κ1) is 12.4. The van der Waals surface area contributed by atoms with Gasteiger partial charge in [-0.1, -0.05) is 0 Å². The largest absolute Gasteiger partial charge is 0.335 e. The van der Waals surface area contributed by atoms with E-state index in [4.69, 9.17) is 5.84 Å². The van der Waals surface area contributed by atoms with E-state index in [0.29, 0.717) is 16.9 Å². The summed E-state index contributed by atoms with van der Waals surface area (Å²) < 4.78 is 1.14. The molecule has 5 rings (SSSR count). The van der Waals surface area contributed by atoms with Crippen molar-refractivity contribution in [3.63, 3.8) is 0 Å². The summed E-state index contributed by atoms with van der Waals surface area (Å²) in [5, 5.41) is 8.18. The Hall–Kier alpha value is -1.39. The molecule has 0 amide bonds. The summed E-state index contributed by atoms with van der Waals surface area (Å²) in [4.78, 5) is 12.2. The van der Waals surface area contributed by atoms with Crippen LogP contribution in [0.25, 0.3) is 0 Å². The molecular formula is C15H22N4O. The standard InChI is InChI=1S/C15H22N4O/c1-9-17-18-13(14(20)19(9)16)8-15-5-10-2-11(6-15)4-12(3-10)7-15/h10-12H,2-8,16H2,1H3. The quantitative estimate of drug-likeness (QED) is 0.828. The van der Waals surface area contributed by atoms with Crippen LogP contribution >= 0.6 is 0 Å². The Morgan fingerprint density at radius 2 is 1.70 bits per heavy atom. The molecule has 4 bridgehead atoms. The molecule has 0 aromatic carbocycles. The van der Waals surface area contributed by atoms with Crippen molar-refractivity contribution >= 4 is 0 Å². The molecule has 1 aromatic heterocycles. The van der Waals surface area contributed by atoms with Crippen molar-refractivity contribution in [2.75, 3.05) is 5.84 Å². The lowest BCUT2D eigenvalue weighted by atomic mass is 9.48. The fourth-order valence-corrected chi connectivity index (χ4v) is 5.48. The van der Waals surface area contributed by atoms with Crippen LogP contribution in [0.15, 0.2) is 4.79 Å². The number of nitrogens with zero attached hydrogens (tertiary/aromatic N) is 3. The summed E-state index contributed by atoms with van der Waals surface area (Å²) in [7, 11) is 0. The van der Waals surface area contributed by atoms with E-state index in [-0.39, 0.29) is 5.56 Å². The van der Waals surface area contributed by atoms with Crippen LogP contribution in [0, 0.1) is 30.1 Å². The Morgan fingerprint density at radius 1 is 1.15 bits per heavy atom. The predicted molar refractivity (Wildman–Crippen MR) is 75.5 cm³/mol. The van der Waals surface area contributed by atoms with Gasteiger partial charge in [0.15, 0.2) is 5.82 Å². The maximum absolute atomic E-state index is 12.2. The van der Waals surface area contributed by atoms with Crippen molar-refractivity contribution in [3.05, 3.63) is 21.9 Å². The Labute approximate surface area is 118 Å². The summed E-state index contributed by atoms with van der Waals surface area (Å²) in [6.45, 7) is 1.71. The Bertz CT molecular complexity index is 571. The number of nitrogen functional groups attached to an aromatic ring is 1. The second kappa shape index (κ2) is 4.06. The van der Waals surface area contributed by atoms with E-state index >= 15 is 0 Å². The summed E-state index contributed by atoms with van der Waals surface area (Å²) in [6.07, 6.45) is 8.86. The minimum absolute atomic E-state index is 0.159. The average molecular weight is 274 g/mol. The topological polar surface area (TPSA) is 73.8 Å². The second-order valence-corrected chi connectivity index (χ2v) is 7.46.